The average Bonchev–Trinajstić information content (AvgIpc) is 3.31. The number of rotatable bonds is 8. The standard InChI is InChI=1S/C32H33NO3P.BrH/c1-32(2)23-36-31(33-32)27-20-21-29(34-3)30(35-4)28(27)22-37(24-14-8-5-9-15-24,25-16-10-6-11-17-25)26-18-12-7-13-19-26;/h5-21H,22-23H2,1-4H3;1H/q+1;/p-1. The van der Waals surface area contributed by atoms with Crippen LogP contribution in [-0.2, 0) is 10.9 Å². The predicted octanol–water partition coefficient (Wildman–Crippen LogP) is 2.76. The van der Waals surface area contributed by atoms with Gasteiger partial charge in [0.15, 0.2) is 11.5 Å². The Kier molecular flexibility index (Phi) is 8.60. The lowest BCUT2D eigenvalue weighted by Gasteiger charge is -2.29. The smallest absolute Gasteiger partial charge is 0.217 e. The number of hydrogen-bond acceptors (Lipinski definition) is 4. The largest absolute Gasteiger partial charge is 1.00 e. The van der Waals surface area contributed by atoms with Gasteiger partial charge < -0.3 is 31.2 Å². The molecule has 0 amide bonds. The minimum absolute atomic E-state index is 0. The van der Waals surface area contributed by atoms with Gasteiger partial charge in [-0.3, -0.25) is 0 Å². The first kappa shape index (κ1) is 27.9. The molecule has 0 unspecified atom stereocenters. The molecular formula is C32H33BrNO3P. The van der Waals surface area contributed by atoms with Gasteiger partial charge in [-0.15, -0.1) is 0 Å². The quantitative estimate of drug-likeness (QED) is 0.297. The molecule has 38 heavy (non-hydrogen) atoms. The molecule has 196 valence electrons. The Labute approximate surface area is 236 Å². The highest BCUT2D eigenvalue weighted by Gasteiger charge is 2.47. The SMILES string of the molecule is COc1ccc(C2=NC(C)(C)CO2)c(C[P+](c2ccccc2)(c2ccccc2)c2ccccc2)c1OC.[Br-]. The van der Waals surface area contributed by atoms with Crippen LogP contribution in [0.2, 0.25) is 0 Å². The van der Waals surface area contributed by atoms with Crippen molar-refractivity contribution in [3.63, 3.8) is 0 Å². The molecular weight excluding hydrogens is 557 g/mol. The second-order valence-electron chi connectivity index (χ2n) is 9.82. The molecule has 0 saturated carbocycles. The minimum atomic E-state index is -2.19. The average molecular weight is 590 g/mol. The number of halogens is 1. The van der Waals surface area contributed by atoms with Gasteiger partial charge in [-0.25, -0.2) is 4.99 Å². The van der Waals surface area contributed by atoms with Crippen molar-refractivity contribution in [2.75, 3.05) is 20.8 Å². The van der Waals surface area contributed by atoms with Crippen molar-refractivity contribution in [2.24, 2.45) is 4.99 Å². The molecule has 1 heterocycles. The summed E-state index contributed by atoms with van der Waals surface area (Å²) in [4.78, 5) is 4.94. The number of ether oxygens (including phenoxy) is 3. The molecule has 0 aliphatic carbocycles. The second-order valence-corrected chi connectivity index (χ2v) is 13.3. The number of methoxy groups -OCH3 is 2. The Morgan fingerprint density at radius 1 is 0.737 bits per heavy atom. The maximum absolute atomic E-state index is 6.17. The zero-order valence-corrected chi connectivity index (χ0v) is 24.7. The molecule has 0 spiro atoms. The van der Waals surface area contributed by atoms with Crippen LogP contribution in [-0.4, -0.2) is 32.3 Å². The normalized spacial score (nSPS) is 14.2. The van der Waals surface area contributed by atoms with Gasteiger partial charge in [-0.05, 0) is 62.4 Å². The van der Waals surface area contributed by atoms with Crippen molar-refractivity contribution in [3.8, 4) is 11.5 Å². The lowest BCUT2D eigenvalue weighted by atomic mass is 10.1. The summed E-state index contributed by atoms with van der Waals surface area (Å²) >= 11 is 0. The Morgan fingerprint density at radius 2 is 1.24 bits per heavy atom. The van der Waals surface area contributed by atoms with Crippen molar-refractivity contribution in [1.82, 2.24) is 0 Å². The lowest BCUT2D eigenvalue weighted by Crippen LogP contribution is -3.00. The van der Waals surface area contributed by atoms with E-state index in [1.807, 2.05) is 6.07 Å². The van der Waals surface area contributed by atoms with Crippen LogP contribution in [0.3, 0.4) is 0 Å². The van der Waals surface area contributed by atoms with Crippen molar-refractivity contribution >= 4 is 29.1 Å². The molecule has 0 saturated heterocycles. The van der Waals surface area contributed by atoms with Gasteiger partial charge in [-0.2, -0.15) is 0 Å². The molecule has 4 aromatic rings. The van der Waals surface area contributed by atoms with Crippen LogP contribution in [0.1, 0.15) is 25.0 Å². The van der Waals surface area contributed by atoms with Crippen LogP contribution in [0.4, 0.5) is 0 Å². The van der Waals surface area contributed by atoms with Gasteiger partial charge in [0.25, 0.3) is 0 Å². The molecule has 0 aromatic heterocycles. The van der Waals surface area contributed by atoms with Crippen molar-refractivity contribution < 1.29 is 31.2 Å². The van der Waals surface area contributed by atoms with Crippen molar-refractivity contribution in [1.29, 1.82) is 0 Å². The van der Waals surface area contributed by atoms with Gasteiger partial charge in [0.05, 0.1) is 19.8 Å². The van der Waals surface area contributed by atoms with Crippen LogP contribution >= 0.6 is 7.26 Å². The molecule has 0 N–H and O–H groups in total. The van der Waals surface area contributed by atoms with E-state index in [-0.39, 0.29) is 22.5 Å². The molecule has 0 radical (unpaired) electrons. The van der Waals surface area contributed by atoms with Crippen LogP contribution in [0.25, 0.3) is 0 Å². The van der Waals surface area contributed by atoms with Gasteiger partial charge in [0.1, 0.15) is 35.9 Å². The summed E-state index contributed by atoms with van der Waals surface area (Å²) in [7, 11) is 1.20. The Bertz CT molecular complexity index is 1300. The summed E-state index contributed by atoms with van der Waals surface area (Å²) in [5, 5.41) is 3.91. The third-order valence-electron chi connectivity index (χ3n) is 6.83. The monoisotopic (exact) mass is 589 g/mol. The molecule has 1 aliphatic rings. The molecule has 0 atom stereocenters. The predicted molar refractivity (Wildman–Crippen MR) is 155 cm³/mol. The van der Waals surface area contributed by atoms with Crippen LogP contribution in [0.5, 0.6) is 11.5 Å². The maximum atomic E-state index is 6.17. The zero-order chi connectivity index (χ0) is 25.9. The molecule has 0 fully saturated rings. The van der Waals surface area contributed by atoms with Gasteiger partial charge in [0.2, 0.25) is 5.90 Å². The number of nitrogens with zero attached hydrogens (tertiary/aromatic N) is 1. The van der Waals surface area contributed by atoms with E-state index in [0.717, 1.165) is 23.0 Å². The number of aliphatic imine (C=N–C) groups is 1. The van der Waals surface area contributed by atoms with E-state index < -0.39 is 7.26 Å². The Morgan fingerprint density at radius 3 is 1.63 bits per heavy atom. The third kappa shape index (κ3) is 5.23. The minimum Gasteiger partial charge on any atom is -1.00 e. The van der Waals surface area contributed by atoms with Crippen LogP contribution in [0, 0.1) is 0 Å². The first-order chi connectivity index (χ1) is 18.0. The van der Waals surface area contributed by atoms with E-state index >= 15 is 0 Å². The Hall–Kier alpha value is -3.14. The number of hydrogen-bond donors (Lipinski definition) is 0. The first-order valence-corrected chi connectivity index (χ1v) is 14.5. The summed E-state index contributed by atoms with van der Waals surface area (Å²) < 4.78 is 18.0. The second kappa shape index (κ2) is 11.7. The van der Waals surface area contributed by atoms with Crippen molar-refractivity contribution in [3.05, 3.63) is 114 Å². The van der Waals surface area contributed by atoms with E-state index in [0.29, 0.717) is 18.3 Å². The highest BCUT2D eigenvalue weighted by molar-refractivity contribution is 7.95. The van der Waals surface area contributed by atoms with E-state index in [9.17, 15) is 0 Å². The summed E-state index contributed by atoms with van der Waals surface area (Å²) in [6, 6.07) is 36.6. The summed E-state index contributed by atoms with van der Waals surface area (Å²) in [5.74, 6) is 2.09. The summed E-state index contributed by atoms with van der Waals surface area (Å²) in [6.45, 7) is 4.73. The molecule has 1 aliphatic heterocycles. The molecule has 4 aromatic carbocycles. The molecule has 0 bridgehead atoms. The van der Waals surface area contributed by atoms with Crippen LogP contribution in [0.15, 0.2) is 108 Å². The van der Waals surface area contributed by atoms with E-state index in [4.69, 9.17) is 19.2 Å². The third-order valence-corrected chi connectivity index (χ3v) is 11.2. The highest BCUT2D eigenvalue weighted by atomic mass is 79.9. The zero-order valence-electron chi connectivity index (χ0n) is 22.2. The highest BCUT2D eigenvalue weighted by Crippen LogP contribution is 2.60. The molecule has 6 heteroatoms. The fourth-order valence-corrected chi connectivity index (χ4v) is 9.35. The molecule has 5 rings (SSSR count). The number of benzene rings is 4. The van der Waals surface area contributed by atoms with Crippen LogP contribution < -0.4 is 42.4 Å². The van der Waals surface area contributed by atoms with Crippen molar-refractivity contribution in [2.45, 2.75) is 25.5 Å². The summed E-state index contributed by atoms with van der Waals surface area (Å²) in [6.07, 6.45) is 0.726. The van der Waals surface area contributed by atoms with E-state index in [2.05, 4.69) is 111 Å². The Balaban J connectivity index is 0.00000336. The van der Waals surface area contributed by atoms with Gasteiger partial charge in [-0.1, -0.05) is 54.6 Å². The van der Waals surface area contributed by atoms with E-state index in [1.165, 1.54) is 15.9 Å². The van der Waals surface area contributed by atoms with Gasteiger partial charge in [0, 0.05) is 11.1 Å². The molecule has 4 nitrogen and oxygen atoms in total. The lowest BCUT2D eigenvalue weighted by molar-refractivity contribution is -0.00000857. The summed E-state index contributed by atoms with van der Waals surface area (Å²) in [5.41, 5.74) is 1.73. The fourth-order valence-electron chi connectivity index (χ4n) is 5.08. The topological polar surface area (TPSA) is 40.0 Å². The maximum Gasteiger partial charge on any atom is 0.217 e. The fraction of sp³-hybridized carbons (Fsp3) is 0.219. The van der Waals surface area contributed by atoms with E-state index in [1.54, 1.807) is 14.2 Å². The first-order valence-electron chi connectivity index (χ1n) is 12.5. The van der Waals surface area contributed by atoms with Gasteiger partial charge >= 0.3 is 0 Å².